The van der Waals surface area contributed by atoms with Crippen molar-refractivity contribution in [1.82, 2.24) is 10.3 Å². The van der Waals surface area contributed by atoms with Crippen molar-refractivity contribution < 1.29 is 18.4 Å². The average molecular weight is 392 g/mol. The number of halogens is 1. The van der Waals surface area contributed by atoms with E-state index in [9.17, 15) is 14.3 Å². The molecule has 0 aliphatic carbocycles. The molecule has 1 aromatic rings. The summed E-state index contributed by atoms with van der Waals surface area (Å²) in [5, 5.41) is 5.79. The van der Waals surface area contributed by atoms with Gasteiger partial charge in [0.1, 0.15) is 5.78 Å². The molecule has 0 spiro atoms. The van der Waals surface area contributed by atoms with Gasteiger partial charge in [-0.1, -0.05) is 30.3 Å². The van der Waals surface area contributed by atoms with Crippen LogP contribution in [0.3, 0.4) is 0 Å². The van der Waals surface area contributed by atoms with Crippen LogP contribution < -0.4 is 5.32 Å². The van der Waals surface area contributed by atoms with Crippen LogP contribution in [0.4, 0.5) is 4.79 Å². The summed E-state index contributed by atoms with van der Waals surface area (Å²) >= 11 is 5.55. The SMILES string of the molecule is CCOP(=O)(OCC)C(Cc1ccccc1)NC(=O)N(CCCl)N=O. The van der Waals surface area contributed by atoms with Crippen LogP contribution in [0.1, 0.15) is 19.4 Å². The number of carbonyl (C=O) groups excluding carboxylic acids is 1. The fourth-order valence-electron chi connectivity index (χ4n) is 2.13. The van der Waals surface area contributed by atoms with Gasteiger partial charge in [0.15, 0.2) is 0 Å². The number of rotatable bonds is 11. The van der Waals surface area contributed by atoms with E-state index in [0.29, 0.717) is 5.01 Å². The predicted molar refractivity (Wildman–Crippen MR) is 96.5 cm³/mol. The van der Waals surface area contributed by atoms with Crippen LogP contribution >= 0.6 is 19.2 Å². The molecule has 140 valence electrons. The Kier molecular flexibility index (Phi) is 9.67. The second kappa shape index (κ2) is 11.2. The van der Waals surface area contributed by atoms with Crippen LogP contribution in [0.15, 0.2) is 35.6 Å². The first-order valence-electron chi connectivity index (χ1n) is 7.90. The highest BCUT2D eigenvalue weighted by molar-refractivity contribution is 7.54. The average Bonchev–Trinajstić information content (AvgIpc) is 2.60. The van der Waals surface area contributed by atoms with Gasteiger partial charge in [-0.05, 0) is 19.4 Å². The number of nitrogens with one attached hydrogen (secondary N) is 1. The molecule has 1 N–H and O–H groups in total. The van der Waals surface area contributed by atoms with Crippen molar-refractivity contribution in [1.29, 1.82) is 0 Å². The number of urea groups is 1. The molecule has 2 amide bonds. The van der Waals surface area contributed by atoms with Gasteiger partial charge in [-0.2, -0.15) is 5.01 Å². The van der Waals surface area contributed by atoms with Gasteiger partial charge in [0.25, 0.3) is 0 Å². The standard InChI is InChI=1S/C15H23ClN3O5P/c1-3-23-25(22,24-4-2)14(12-13-8-6-5-7-9-13)17-15(20)19(18-21)11-10-16/h5-9,14H,3-4,10-12H2,1-2H3,(H,17,20). The van der Waals surface area contributed by atoms with Gasteiger partial charge in [0.2, 0.25) is 0 Å². The second-order valence-corrected chi connectivity index (χ2v) is 7.52. The maximum absolute atomic E-state index is 13.1. The summed E-state index contributed by atoms with van der Waals surface area (Å²) in [7, 11) is -3.65. The third-order valence-electron chi connectivity index (χ3n) is 3.19. The Morgan fingerprint density at radius 1 is 1.28 bits per heavy atom. The summed E-state index contributed by atoms with van der Waals surface area (Å²) in [6, 6.07) is 8.35. The molecule has 0 fully saturated rings. The third-order valence-corrected chi connectivity index (χ3v) is 5.67. The first kappa shape index (κ1) is 21.6. The lowest BCUT2D eigenvalue weighted by molar-refractivity contribution is 0.187. The molecule has 0 radical (unpaired) electrons. The first-order chi connectivity index (χ1) is 12.0. The van der Waals surface area contributed by atoms with E-state index < -0.39 is 19.4 Å². The van der Waals surface area contributed by atoms with Crippen molar-refractivity contribution in [3.05, 3.63) is 40.8 Å². The van der Waals surface area contributed by atoms with Crippen molar-refractivity contribution in [3.63, 3.8) is 0 Å². The van der Waals surface area contributed by atoms with Crippen LogP contribution in [0.25, 0.3) is 0 Å². The normalized spacial score (nSPS) is 12.4. The molecular weight excluding hydrogens is 369 g/mol. The van der Waals surface area contributed by atoms with E-state index in [2.05, 4.69) is 10.6 Å². The highest BCUT2D eigenvalue weighted by Gasteiger charge is 2.37. The number of amides is 2. The molecule has 0 saturated heterocycles. The van der Waals surface area contributed by atoms with Gasteiger partial charge in [-0.3, -0.25) is 4.57 Å². The first-order valence-corrected chi connectivity index (χ1v) is 10.0. The van der Waals surface area contributed by atoms with E-state index in [1.165, 1.54) is 0 Å². The Morgan fingerprint density at radius 2 is 1.88 bits per heavy atom. The minimum absolute atomic E-state index is 0.0388. The maximum atomic E-state index is 13.1. The topological polar surface area (TPSA) is 97.3 Å². The van der Waals surface area contributed by atoms with Gasteiger partial charge in [0.05, 0.1) is 25.0 Å². The maximum Gasteiger partial charge on any atom is 0.353 e. The molecule has 0 bridgehead atoms. The summed E-state index contributed by atoms with van der Waals surface area (Å²) in [5.41, 5.74) is 0.829. The Morgan fingerprint density at radius 3 is 2.36 bits per heavy atom. The number of carbonyl (C=O) groups is 1. The smallest absolute Gasteiger partial charge is 0.322 e. The Hall–Kier alpha value is -1.47. The Balaban J connectivity index is 3.06. The number of hydrogen-bond donors (Lipinski definition) is 1. The van der Waals surface area contributed by atoms with Crippen molar-refractivity contribution in [2.24, 2.45) is 5.29 Å². The van der Waals surface area contributed by atoms with Gasteiger partial charge in [-0.15, -0.1) is 16.5 Å². The Labute approximate surface area is 152 Å². The van der Waals surface area contributed by atoms with Crippen LogP contribution in [0.5, 0.6) is 0 Å². The van der Waals surface area contributed by atoms with Gasteiger partial charge >= 0.3 is 13.6 Å². The molecule has 10 heteroatoms. The molecule has 8 nitrogen and oxygen atoms in total. The lowest BCUT2D eigenvalue weighted by Crippen LogP contribution is -2.44. The van der Waals surface area contributed by atoms with E-state index in [0.717, 1.165) is 5.56 Å². The summed E-state index contributed by atoms with van der Waals surface area (Å²) in [4.78, 5) is 23.1. The number of benzene rings is 1. The summed E-state index contributed by atoms with van der Waals surface area (Å²) < 4.78 is 23.8. The molecule has 0 aliphatic rings. The van der Waals surface area contributed by atoms with Crippen LogP contribution in [0, 0.1) is 4.91 Å². The van der Waals surface area contributed by atoms with Gasteiger partial charge in [-0.25, -0.2) is 4.79 Å². The zero-order chi connectivity index (χ0) is 18.7. The van der Waals surface area contributed by atoms with Crippen molar-refractivity contribution in [3.8, 4) is 0 Å². The number of hydrogen-bond acceptors (Lipinski definition) is 6. The van der Waals surface area contributed by atoms with Crippen molar-refractivity contribution in [2.45, 2.75) is 26.1 Å². The van der Waals surface area contributed by atoms with Gasteiger partial charge in [0, 0.05) is 12.3 Å². The van der Waals surface area contributed by atoms with Crippen LogP contribution in [0.2, 0.25) is 0 Å². The van der Waals surface area contributed by atoms with Crippen LogP contribution in [-0.4, -0.2) is 42.5 Å². The number of alkyl halides is 1. The third kappa shape index (κ3) is 6.74. The summed E-state index contributed by atoms with van der Waals surface area (Å²) in [6.45, 7) is 3.59. The predicted octanol–water partition coefficient (Wildman–Crippen LogP) is 3.75. The minimum Gasteiger partial charge on any atom is -0.322 e. The largest absolute Gasteiger partial charge is 0.353 e. The molecule has 0 aliphatic heterocycles. The van der Waals surface area contributed by atoms with Gasteiger partial charge < -0.3 is 14.4 Å². The summed E-state index contributed by atoms with van der Waals surface area (Å²) in [5.74, 6) is -0.932. The lowest BCUT2D eigenvalue weighted by Gasteiger charge is -2.28. The molecule has 1 unspecified atom stereocenters. The Bertz CT molecular complexity index is 580. The fraction of sp³-hybridized carbons (Fsp3) is 0.533. The highest BCUT2D eigenvalue weighted by Crippen LogP contribution is 2.53. The molecule has 1 atom stereocenters. The molecule has 0 heterocycles. The lowest BCUT2D eigenvalue weighted by atomic mass is 10.1. The van der Waals surface area contributed by atoms with E-state index in [-0.39, 0.29) is 32.1 Å². The van der Waals surface area contributed by atoms with Crippen molar-refractivity contribution >= 4 is 25.2 Å². The van der Waals surface area contributed by atoms with Crippen LogP contribution in [-0.2, 0) is 20.0 Å². The molecule has 0 aromatic heterocycles. The molecule has 1 aromatic carbocycles. The number of nitrogens with zero attached hydrogens (tertiary/aromatic N) is 2. The monoisotopic (exact) mass is 391 g/mol. The van der Waals surface area contributed by atoms with E-state index in [1.807, 2.05) is 30.3 Å². The fourth-order valence-corrected chi connectivity index (χ4v) is 4.15. The van der Waals surface area contributed by atoms with E-state index in [4.69, 9.17) is 20.6 Å². The second-order valence-electron chi connectivity index (χ2n) is 4.92. The number of nitroso groups, excluding NO2 is 1. The quantitative estimate of drug-likeness (QED) is 0.268. The van der Waals surface area contributed by atoms with Crippen molar-refractivity contribution in [2.75, 3.05) is 25.6 Å². The molecule has 1 rings (SSSR count). The molecule has 25 heavy (non-hydrogen) atoms. The zero-order valence-corrected chi connectivity index (χ0v) is 15.9. The highest BCUT2D eigenvalue weighted by atomic mass is 35.5. The summed E-state index contributed by atoms with van der Waals surface area (Å²) in [6.07, 6.45) is 0.206. The van der Waals surface area contributed by atoms with E-state index >= 15 is 0 Å². The zero-order valence-electron chi connectivity index (χ0n) is 14.3. The molecule has 0 saturated carbocycles. The van der Waals surface area contributed by atoms with E-state index in [1.54, 1.807) is 13.8 Å². The molecular formula is C15H23ClN3O5P. The minimum atomic E-state index is -3.65.